The Labute approximate surface area is 169 Å². The number of hydrogen-bond acceptors (Lipinski definition) is 7. The molecule has 0 saturated carbocycles. The minimum atomic E-state index is 0.0338. The second-order valence-electron chi connectivity index (χ2n) is 6.03. The van der Waals surface area contributed by atoms with Crippen molar-refractivity contribution < 1.29 is 23.6 Å². The molecule has 1 aliphatic heterocycles. The van der Waals surface area contributed by atoms with Gasteiger partial charge in [0.15, 0.2) is 18.0 Å². The Morgan fingerprint density at radius 2 is 1.78 bits per heavy atom. The zero-order chi connectivity index (χ0) is 20.0. The first-order chi connectivity index (χ1) is 12.9. The van der Waals surface area contributed by atoms with Crippen LogP contribution in [0.15, 0.2) is 17.0 Å². The molecular formula is C19H27N2O4S2+. The SMILES string of the molecule is CCSC1=[N+](CCN(C)C)C(=O)/C(=C/c2cc(OC)c(OC)c(OC)c2)S1. The fourth-order valence-corrected chi connectivity index (χ4v) is 4.86. The Balaban J connectivity index is 2.36. The molecule has 1 aromatic rings. The van der Waals surface area contributed by atoms with Crippen LogP contribution in [0.1, 0.15) is 12.5 Å². The van der Waals surface area contributed by atoms with Crippen molar-refractivity contribution in [3.63, 3.8) is 0 Å². The van der Waals surface area contributed by atoms with Crippen LogP contribution < -0.4 is 14.2 Å². The number of likely N-dealkylation sites (N-methyl/N-ethyl adjacent to an activating group) is 1. The van der Waals surface area contributed by atoms with Crippen LogP contribution in [0.25, 0.3) is 6.08 Å². The van der Waals surface area contributed by atoms with Crippen molar-refractivity contribution in [2.24, 2.45) is 0 Å². The molecule has 8 heteroatoms. The Hall–Kier alpha value is -1.64. The fourth-order valence-electron chi connectivity index (χ4n) is 2.56. The molecule has 1 aromatic carbocycles. The van der Waals surface area contributed by atoms with E-state index in [0.717, 1.165) is 22.2 Å². The molecule has 0 radical (unpaired) electrons. The van der Waals surface area contributed by atoms with Crippen LogP contribution in [-0.4, -0.2) is 74.0 Å². The number of carbonyl (C=O) groups excluding carboxylic acids is 1. The van der Waals surface area contributed by atoms with Gasteiger partial charge in [0.25, 0.3) is 4.38 Å². The molecule has 1 heterocycles. The zero-order valence-corrected chi connectivity index (χ0v) is 18.3. The summed E-state index contributed by atoms with van der Waals surface area (Å²) in [6.07, 6.45) is 1.88. The summed E-state index contributed by atoms with van der Waals surface area (Å²) in [4.78, 5) is 15.7. The highest BCUT2D eigenvalue weighted by molar-refractivity contribution is 8.40. The van der Waals surface area contributed by atoms with Crippen LogP contribution in [0.3, 0.4) is 0 Å². The number of benzene rings is 1. The third kappa shape index (κ3) is 5.21. The number of rotatable bonds is 8. The second kappa shape index (κ2) is 10.1. The molecule has 1 amide bonds. The van der Waals surface area contributed by atoms with Crippen molar-refractivity contribution >= 4 is 39.9 Å². The monoisotopic (exact) mass is 411 g/mol. The molecule has 27 heavy (non-hydrogen) atoms. The Morgan fingerprint density at radius 1 is 1.15 bits per heavy atom. The average molecular weight is 412 g/mol. The van der Waals surface area contributed by atoms with Gasteiger partial charge in [0, 0.05) is 5.75 Å². The van der Waals surface area contributed by atoms with Crippen LogP contribution in [0, 0.1) is 0 Å². The Morgan fingerprint density at radius 3 is 2.26 bits per heavy atom. The van der Waals surface area contributed by atoms with Crippen LogP contribution in [-0.2, 0) is 4.79 Å². The van der Waals surface area contributed by atoms with Crippen LogP contribution in [0.2, 0.25) is 0 Å². The zero-order valence-electron chi connectivity index (χ0n) is 16.7. The molecule has 0 atom stereocenters. The molecule has 0 fully saturated rings. The first-order valence-corrected chi connectivity index (χ1v) is 10.4. The smallest absolute Gasteiger partial charge is 0.427 e. The topological polar surface area (TPSA) is 51.0 Å². The van der Waals surface area contributed by atoms with Crippen molar-refractivity contribution in [3.05, 3.63) is 22.6 Å². The molecule has 2 rings (SSSR count). The Bertz CT molecular complexity index is 735. The highest BCUT2D eigenvalue weighted by Crippen LogP contribution is 2.40. The van der Waals surface area contributed by atoms with Crippen LogP contribution in [0.4, 0.5) is 0 Å². The molecule has 0 aromatic heterocycles. The minimum absolute atomic E-state index is 0.0338. The largest absolute Gasteiger partial charge is 0.493 e. The molecule has 1 aliphatic rings. The third-order valence-electron chi connectivity index (χ3n) is 3.90. The van der Waals surface area contributed by atoms with E-state index in [1.54, 1.807) is 33.1 Å². The summed E-state index contributed by atoms with van der Waals surface area (Å²) >= 11 is 3.21. The number of methoxy groups -OCH3 is 3. The number of ether oxygens (including phenoxy) is 3. The summed E-state index contributed by atoms with van der Waals surface area (Å²) in [6, 6.07) is 3.69. The molecule has 6 nitrogen and oxygen atoms in total. The molecule has 0 aliphatic carbocycles. The quantitative estimate of drug-likeness (QED) is 0.481. The highest BCUT2D eigenvalue weighted by atomic mass is 32.2. The summed E-state index contributed by atoms with van der Waals surface area (Å²) in [6.45, 7) is 3.58. The predicted molar refractivity (Wildman–Crippen MR) is 113 cm³/mol. The first-order valence-electron chi connectivity index (χ1n) is 8.61. The molecule has 0 N–H and O–H groups in total. The summed E-state index contributed by atoms with van der Waals surface area (Å²) < 4.78 is 19.1. The lowest BCUT2D eigenvalue weighted by Crippen LogP contribution is -2.28. The summed E-state index contributed by atoms with van der Waals surface area (Å²) in [5.41, 5.74) is 0.829. The normalized spacial score (nSPS) is 15.8. The van der Waals surface area contributed by atoms with Crippen molar-refractivity contribution in [2.75, 3.05) is 54.3 Å². The highest BCUT2D eigenvalue weighted by Gasteiger charge is 2.37. The van der Waals surface area contributed by atoms with Gasteiger partial charge in [0.2, 0.25) is 5.75 Å². The van der Waals surface area contributed by atoms with Gasteiger partial charge < -0.3 is 19.1 Å². The predicted octanol–water partition coefficient (Wildman–Crippen LogP) is 3.01. The molecule has 0 unspecified atom stereocenters. The molecule has 0 saturated heterocycles. The maximum Gasteiger partial charge on any atom is 0.427 e. The second-order valence-corrected chi connectivity index (χ2v) is 8.57. The number of hydrogen-bond donors (Lipinski definition) is 0. The van der Waals surface area contributed by atoms with Gasteiger partial charge in [-0.15, -0.1) is 4.58 Å². The van der Waals surface area contributed by atoms with Gasteiger partial charge in [0.05, 0.1) is 27.9 Å². The molecular weight excluding hydrogens is 384 g/mol. The van der Waals surface area contributed by atoms with Gasteiger partial charge in [0.1, 0.15) is 4.91 Å². The number of thioether (sulfide) groups is 2. The maximum atomic E-state index is 12.9. The van der Waals surface area contributed by atoms with E-state index in [9.17, 15) is 4.79 Å². The van der Waals surface area contributed by atoms with Gasteiger partial charge in [-0.05, 0) is 61.4 Å². The lowest BCUT2D eigenvalue weighted by molar-refractivity contribution is -0.437. The van der Waals surface area contributed by atoms with E-state index in [4.69, 9.17) is 14.2 Å². The van der Waals surface area contributed by atoms with Gasteiger partial charge >= 0.3 is 5.91 Å². The van der Waals surface area contributed by atoms with Gasteiger partial charge in [-0.25, -0.2) is 4.79 Å². The minimum Gasteiger partial charge on any atom is -0.493 e. The van der Waals surface area contributed by atoms with Crippen LogP contribution >= 0.6 is 23.5 Å². The standard InChI is InChI=1S/C19H27N2O4S2/c1-7-26-19-21(9-8-20(2)3)18(22)16(27-19)12-13-10-14(23-4)17(25-6)15(11-13)24-5/h10-12H,7-9H2,1-6H3/q+1/b16-12-. The van der Waals surface area contributed by atoms with Gasteiger partial charge in [-0.1, -0.05) is 6.92 Å². The summed E-state index contributed by atoms with van der Waals surface area (Å²) in [5, 5.41) is 0. The number of amides is 1. The van der Waals surface area contributed by atoms with E-state index in [-0.39, 0.29) is 5.91 Å². The van der Waals surface area contributed by atoms with E-state index in [1.165, 1.54) is 11.8 Å². The van der Waals surface area contributed by atoms with E-state index < -0.39 is 0 Å². The Kier molecular flexibility index (Phi) is 8.07. The lowest BCUT2D eigenvalue weighted by atomic mass is 10.1. The first kappa shape index (κ1) is 21.7. The van der Waals surface area contributed by atoms with Crippen molar-refractivity contribution in [1.29, 1.82) is 0 Å². The average Bonchev–Trinajstić information content (AvgIpc) is 2.94. The summed E-state index contributed by atoms with van der Waals surface area (Å²) in [7, 11) is 8.74. The van der Waals surface area contributed by atoms with Gasteiger partial charge in [-0.3, -0.25) is 0 Å². The van der Waals surface area contributed by atoms with Crippen LogP contribution in [0.5, 0.6) is 17.2 Å². The summed E-state index contributed by atoms with van der Waals surface area (Å²) in [5.74, 6) is 2.62. The molecule has 148 valence electrons. The van der Waals surface area contributed by atoms with E-state index >= 15 is 0 Å². The third-order valence-corrected chi connectivity index (χ3v) is 6.16. The lowest BCUT2D eigenvalue weighted by Gasteiger charge is -2.12. The van der Waals surface area contributed by atoms with Crippen molar-refractivity contribution in [3.8, 4) is 17.2 Å². The van der Waals surface area contributed by atoms with E-state index in [1.807, 2.05) is 36.9 Å². The van der Waals surface area contributed by atoms with E-state index in [0.29, 0.717) is 28.7 Å². The fraction of sp³-hybridized carbons (Fsp3) is 0.474. The van der Waals surface area contributed by atoms with Crippen molar-refractivity contribution in [2.45, 2.75) is 6.92 Å². The molecule has 0 spiro atoms. The van der Waals surface area contributed by atoms with Gasteiger partial charge in [-0.2, -0.15) is 0 Å². The maximum absolute atomic E-state index is 12.9. The van der Waals surface area contributed by atoms with Crippen molar-refractivity contribution in [1.82, 2.24) is 4.90 Å². The van der Waals surface area contributed by atoms with E-state index in [2.05, 4.69) is 11.8 Å². The number of nitrogens with zero attached hydrogens (tertiary/aromatic N) is 2. The molecule has 0 bridgehead atoms. The number of carbonyl (C=O) groups is 1.